The lowest BCUT2D eigenvalue weighted by molar-refractivity contribution is -0.131. The highest BCUT2D eigenvalue weighted by atomic mass is 16.5. The Kier molecular flexibility index (Phi) is 12.2. The van der Waals surface area contributed by atoms with E-state index in [1.165, 1.54) is 0 Å². The number of carboxylic acid groups (broad SMARTS) is 1. The molecule has 1 fully saturated rings. The first-order chi connectivity index (χ1) is 8.88. The summed E-state index contributed by atoms with van der Waals surface area (Å²) in [7, 11) is 0. The third-order valence-corrected chi connectivity index (χ3v) is 1.79. The highest BCUT2D eigenvalue weighted by molar-refractivity contribution is 5.79. The van der Waals surface area contributed by atoms with E-state index in [1.807, 2.05) is 0 Å². The predicted molar refractivity (Wildman–Crippen MR) is 70.2 cm³/mol. The molecule has 1 rings (SSSR count). The fourth-order valence-electron chi connectivity index (χ4n) is 1.00. The monoisotopic (exact) mass is 272 g/mol. The molecule has 0 aromatic carbocycles. The zero-order chi connectivity index (χ0) is 15.3. The topological polar surface area (TPSA) is 110 Å². The molecule has 19 heavy (non-hydrogen) atoms. The normalized spacial score (nSPS) is 12.3. The van der Waals surface area contributed by atoms with E-state index in [0.717, 1.165) is 19.0 Å². The number of carbonyl (C=O) groups excluding carboxylic acids is 2. The van der Waals surface area contributed by atoms with E-state index in [9.17, 15) is 14.4 Å². The molecule has 2 amide bonds. The van der Waals surface area contributed by atoms with Gasteiger partial charge < -0.3 is 20.5 Å². The number of likely N-dealkylation sites (tertiary alicyclic amines) is 1. The second-order valence-corrected chi connectivity index (χ2v) is 3.17. The van der Waals surface area contributed by atoms with Gasteiger partial charge in [0.1, 0.15) is 0 Å². The Labute approximate surface area is 112 Å². The third kappa shape index (κ3) is 13.6. The van der Waals surface area contributed by atoms with Gasteiger partial charge >= 0.3 is 12.1 Å². The molecule has 7 heteroatoms. The van der Waals surface area contributed by atoms with Crippen LogP contribution in [0.15, 0.2) is 25.4 Å². The minimum absolute atomic E-state index is 0.208. The number of carboxylic acids is 1. The summed E-state index contributed by atoms with van der Waals surface area (Å²) < 4.78 is 4.18. The van der Waals surface area contributed by atoms with Crippen LogP contribution in [0.1, 0.15) is 19.8 Å². The van der Waals surface area contributed by atoms with Crippen LogP contribution in [0.25, 0.3) is 0 Å². The van der Waals surface area contributed by atoms with Gasteiger partial charge in [-0.2, -0.15) is 0 Å². The van der Waals surface area contributed by atoms with Crippen molar-refractivity contribution in [3.8, 4) is 0 Å². The van der Waals surface area contributed by atoms with E-state index in [2.05, 4.69) is 23.6 Å². The van der Waals surface area contributed by atoms with Crippen molar-refractivity contribution in [2.24, 2.45) is 5.73 Å². The first-order valence-corrected chi connectivity index (χ1v) is 5.58. The van der Waals surface area contributed by atoms with Gasteiger partial charge in [-0.25, -0.2) is 9.59 Å². The van der Waals surface area contributed by atoms with Gasteiger partial charge in [-0.05, 0) is 19.5 Å². The molecular weight excluding hydrogens is 252 g/mol. The van der Waals surface area contributed by atoms with Crippen molar-refractivity contribution in [2.75, 3.05) is 13.2 Å². The molecule has 0 aliphatic carbocycles. The van der Waals surface area contributed by atoms with Crippen LogP contribution in [0, 0.1) is 0 Å². The molecule has 0 aromatic rings. The van der Waals surface area contributed by atoms with E-state index in [4.69, 9.17) is 5.11 Å². The average molecular weight is 272 g/mol. The van der Waals surface area contributed by atoms with E-state index in [-0.39, 0.29) is 5.91 Å². The van der Waals surface area contributed by atoms with Gasteiger partial charge in [0.05, 0.1) is 6.61 Å². The molecule has 1 saturated heterocycles. The van der Waals surface area contributed by atoms with Crippen molar-refractivity contribution in [1.29, 1.82) is 0 Å². The van der Waals surface area contributed by atoms with Crippen LogP contribution in [0.4, 0.5) is 4.79 Å². The number of primary amides is 1. The standard InChI is InChI=1S/C6H9NO.C3H7NO2.C3H4O2/c1-2-7-5-3-4-6(7)8;1-2-6-3(4)5;1-2-3(4)5/h2H,1,3-5H2;2H2,1H3,(H2,4,5);2H,1H2,(H,4,5). The van der Waals surface area contributed by atoms with Crippen molar-refractivity contribution in [3.63, 3.8) is 0 Å². The number of nitrogens with zero attached hydrogens (tertiary/aromatic N) is 1. The number of amides is 2. The van der Waals surface area contributed by atoms with Crippen molar-refractivity contribution < 1.29 is 24.2 Å². The van der Waals surface area contributed by atoms with E-state index in [1.54, 1.807) is 18.0 Å². The molecule has 0 bridgehead atoms. The molecule has 1 heterocycles. The Bertz CT molecular complexity index is 328. The first-order valence-electron chi connectivity index (χ1n) is 5.58. The molecule has 0 radical (unpaired) electrons. The van der Waals surface area contributed by atoms with E-state index >= 15 is 0 Å². The van der Waals surface area contributed by atoms with Crippen molar-refractivity contribution >= 4 is 18.0 Å². The summed E-state index contributed by atoms with van der Waals surface area (Å²) >= 11 is 0. The van der Waals surface area contributed by atoms with Gasteiger partial charge in [0.15, 0.2) is 0 Å². The summed E-state index contributed by atoms with van der Waals surface area (Å²) in [6, 6.07) is 0. The molecule has 0 spiro atoms. The highest BCUT2D eigenvalue weighted by Crippen LogP contribution is 2.08. The molecule has 0 atom stereocenters. The summed E-state index contributed by atoms with van der Waals surface area (Å²) in [5, 5.41) is 7.60. The maximum atomic E-state index is 10.7. The van der Waals surface area contributed by atoms with Gasteiger partial charge in [0.25, 0.3) is 0 Å². The minimum Gasteiger partial charge on any atom is -0.478 e. The van der Waals surface area contributed by atoms with Crippen LogP contribution in [-0.4, -0.2) is 41.1 Å². The maximum absolute atomic E-state index is 10.7. The summed E-state index contributed by atoms with van der Waals surface area (Å²) in [4.78, 5) is 31.2. The maximum Gasteiger partial charge on any atom is 0.404 e. The molecule has 0 saturated carbocycles. The first kappa shape index (κ1) is 19.0. The largest absolute Gasteiger partial charge is 0.478 e. The lowest BCUT2D eigenvalue weighted by atomic mass is 10.4. The zero-order valence-corrected chi connectivity index (χ0v) is 11.0. The number of rotatable bonds is 3. The van der Waals surface area contributed by atoms with Crippen LogP contribution >= 0.6 is 0 Å². The molecule has 1 aliphatic heterocycles. The molecule has 1 aliphatic rings. The Hall–Kier alpha value is -2.31. The van der Waals surface area contributed by atoms with Crippen LogP contribution in [0.5, 0.6) is 0 Å². The number of aliphatic carboxylic acids is 1. The number of nitrogens with two attached hydrogens (primary N) is 1. The van der Waals surface area contributed by atoms with Crippen molar-refractivity contribution in [3.05, 3.63) is 25.4 Å². The summed E-state index contributed by atoms with van der Waals surface area (Å²) in [5.41, 5.74) is 4.54. The fourth-order valence-corrected chi connectivity index (χ4v) is 1.00. The molecule has 7 nitrogen and oxygen atoms in total. The fraction of sp³-hybridized carbons (Fsp3) is 0.417. The Morgan fingerprint density at radius 3 is 2.16 bits per heavy atom. The molecular formula is C12H20N2O5. The molecule has 3 N–H and O–H groups in total. The molecule has 0 unspecified atom stereocenters. The van der Waals surface area contributed by atoms with Crippen molar-refractivity contribution in [1.82, 2.24) is 4.90 Å². The summed E-state index contributed by atoms with van der Waals surface area (Å²) in [6.45, 7) is 9.38. The predicted octanol–water partition coefficient (Wildman–Crippen LogP) is 1.11. The quantitative estimate of drug-likeness (QED) is 0.748. The lowest BCUT2D eigenvalue weighted by Crippen LogP contribution is -2.16. The molecule has 0 aromatic heterocycles. The smallest absolute Gasteiger partial charge is 0.404 e. The van der Waals surface area contributed by atoms with Crippen LogP contribution in [0.3, 0.4) is 0 Å². The van der Waals surface area contributed by atoms with Gasteiger partial charge in [0, 0.05) is 19.0 Å². The number of hydrogen-bond acceptors (Lipinski definition) is 4. The summed E-state index contributed by atoms with van der Waals surface area (Å²) in [5.74, 6) is -0.773. The van der Waals surface area contributed by atoms with Crippen LogP contribution < -0.4 is 5.73 Å². The SMILES string of the molecule is C=CC(=O)O.C=CN1CCCC1=O.CCOC(N)=O. The summed E-state index contributed by atoms with van der Waals surface area (Å²) in [6.07, 6.45) is 3.41. The van der Waals surface area contributed by atoms with Gasteiger partial charge in [-0.1, -0.05) is 13.2 Å². The second kappa shape index (κ2) is 12.2. The Morgan fingerprint density at radius 1 is 1.53 bits per heavy atom. The molecule has 108 valence electrons. The third-order valence-electron chi connectivity index (χ3n) is 1.79. The number of ether oxygens (including phenoxy) is 1. The van der Waals surface area contributed by atoms with Gasteiger partial charge in [0.2, 0.25) is 5.91 Å². The minimum atomic E-state index is -0.981. The Balaban J connectivity index is 0. The van der Waals surface area contributed by atoms with Gasteiger partial charge in [-0.3, -0.25) is 4.79 Å². The van der Waals surface area contributed by atoms with Gasteiger partial charge in [-0.15, -0.1) is 0 Å². The average Bonchev–Trinajstić information content (AvgIpc) is 2.76. The van der Waals surface area contributed by atoms with Crippen LogP contribution in [0.2, 0.25) is 0 Å². The Morgan fingerprint density at radius 2 is 2.05 bits per heavy atom. The van der Waals surface area contributed by atoms with E-state index < -0.39 is 12.1 Å². The second-order valence-electron chi connectivity index (χ2n) is 3.17. The lowest BCUT2D eigenvalue weighted by Gasteiger charge is -2.05. The van der Waals surface area contributed by atoms with Crippen molar-refractivity contribution in [2.45, 2.75) is 19.8 Å². The zero-order valence-electron chi connectivity index (χ0n) is 11.0. The number of carbonyl (C=O) groups is 3. The highest BCUT2D eigenvalue weighted by Gasteiger charge is 2.15. The van der Waals surface area contributed by atoms with Crippen LogP contribution in [-0.2, 0) is 14.3 Å². The number of hydrogen-bond donors (Lipinski definition) is 2. The van der Waals surface area contributed by atoms with E-state index in [0.29, 0.717) is 13.0 Å².